The second kappa shape index (κ2) is 7.70. The molecule has 11 heteroatoms. The number of nitrogens with zero attached hydrogens (tertiary/aromatic N) is 1. The number of aliphatic hydroxyl groups excluding tert-OH is 1. The Kier molecular flexibility index (Phi) is 5.90. The maximum absolute atomic E-state index is 11.9. The van der Waals surface area contributed by atoms with Gasteiger partial charge < -0.3 is 25.0 Å². The number of hydrogen-bond donors (Lipinski definition) is 4. The lowest BCUT2D eigenvalue weighted by atomic mass is 10.2. The van der Waals surface area contributed by atoms with E-state index >= 15 is 0 Å². The molecular weight excluding hydrogens is 329 g/mol. The van der Waals surface area contributed by atoms with E-state index in [1.165, 1.54) is 6.20 Å². The maximum atomic E-state index is 11.9. The molecule has 2 rings (SSSR count). The van der Waals surface area contributed by atoms with Crippen LogP contribution in [0.4, 0.5) is 0 Å². The van der Waals surface area contributed by atoms with Gasteiger partial charge in [0.2, 0.25) is 0 Å². The Balaban J connectivity index is 2.24. The summed E-state index contributed by atoms with van der Waals surface area (Å²) in [5.74, 6) is 5.04. The minimum absolute atomic E-state index is 0.0354. The van der Waals surface area contributed by atoms with Crippen molar-refractivity contribution in [1.29, 1.82) is 0 Å². The Morgan fingerprint density at radius 1 is 1.57 bits per heavy atom. The highest BCUT2D eigenvalue weighted by atomic mass is 31.1. The SMILES string of the molecule is NCC#Cc1cn(C2CC(O)C(CO[PH](=O)O)O2)c(=O)[nH]c1=O. The largest absolute Gasteiger partial charge is 0.390 e. The van der Waals surface area contributed by atoms with Crippen molar-refractivity contribution in [2.75, 3.05) is 13.2 Å². The first kappa shape index (κ1) is 17.6. The van der Waals surface area contributed by atoms with Crippen LogP contribution < -0.4 is 17.0 Å². The second-order valence-corrected chi connectivity index (χ2v) is 5.54. The molecule has 1 aliphatic heterocycles. The summed E-state index contributed by atoms with van der Waals surface area (Å²) in [7, 11) is -3.14. The molecule has 0 radical (unpaired) electrons. The summed E-state index contributed by atoms with van der Waals surface area (Å²) >= 11 is 0. The van der Waals surface area contributed by atoms with Crippen LogP contribution in [0.25, 0.3) is 0 Å². The van der Waals surface area contributed by atoms with Crippen molar-refractivity contribution >= 4 is 8.25 Å². The Hall–Kier alpha value is -1.73. The van der Waals surface area contributed by atoms with Crippen LogP contribution in [0.1, 0.15) is 18.2 Å². The van der Waals surface area contributed by atoms with Crippen molar-refractivity contribution in [2.24, 2.45) is 5.73 Å². The highest BCUT2D eigenvalue weighted by molar-refractivity contribution is 7.32. The second-order valence-electron chi connectivity index (χ2n) is 4.72. The van der Waals surface area contributed by atoms with Crippen LogP contribution in [0.2, 0.25) is 0 Å². The number of nitrogens with two attached hydrogens (primary N) is 1. The Labute approximate surface area is 130 Å². The molecule has 1 aromatic heterocycles. The third kappa shape index (κ3) is 4.39. The van der Waals surface area contributed by atoms with E-state index in [1.54, 1.807) is 0 Å². The zero-order valence-corrected chi connectivity index (χ0v) is 12.9. The summed E-state index contributed by atoms with van der Waals surface area (Å²) in [5.41, 5.74) is 3.91. The smallest absolute Gasteiger partial charge is 0.330 e. The van der Waals surface area contributed by atoms with E-state index in [1.807, 2.05) is 0 Å². The van der Waals surface area contributed by atoms with Crippen LogP contribution in [0.3, 0.4) is 0 Å². The summed E-state index contributed by atoms with van der Waals surface area (Å²) in [6, 6.07) is 0. The molecule has 1 aromatic rings. The van der Waals surface area contributed by atoms with Gasteiger partial charge in [0, 0.05) is 12.6 Å². The topological polar surface area (TPSA) is 157 Å². The number of nitrogens with one attached hydrogen (secondary N) is 1. The van der Waals surface area contributed by atoms with E-state index in [0.29, 0.717) is 0 Å². The van der Waals surface area contributed by atoms with Crippen molar-refractivity contribution in [2.45, 2.75) is 24.9 Å². The van der Waals surface area contributed by atoms with E-state index in [-0.39, 0.29) is 25.1 Å². The van der Waals surface area contributed by atoms with Gasteiger partial charge in [0.05, 0.1) is 19.3 Å². The van der Waals surface area contributed by atoms with E-state index in [9.17, 15) is 19.3 Å². The Morgan fingerprint density at radius 3 is 2.96 bits per heavy atom. The van der Waals surface area contributed by atoms with Gasteiger partial charge in [-0.25, -0.2) is 4.79 Å². The summed E-state index contributed by atoms with van der Waals surface area (Å²) < 4.78 is 21.6. The van der Waals surface area contributed by atoms with Gasteiger partial charge in [0.1, 0.15) is 17.9 Å². The molecule has 0 aromatic carbocycles. The van der Waals surface area contributed by atoms with Crippen molar-refractivity contribution in [3.8, 4) is 11.8 Å². The van der Waals surface area contributed by atoms with E-state index < -0.39 is 37.9 Å². The molecule has 1 aliphatic rings. The van der Waals surface area contributed by atoms with Crippen LogP contribution in [-0.4, -0.2) is 44.9 Å². The maximum Gasteiger partial charge on any atom is 0.330 e. The molecule has 1 saturated heterocycles. The van der Waals surface area contributed by atoms with Crippen molar-refractivity contribution in [3.05, 3.63) is 32.6 Å². The Morgan fingerprint density at radius 2 is 2.30 bits per heavy atom. The van der Waals surface area contributed by atoms with Crippen LogP contribution in [0.5, 0.6) is 0 Å². The van der Waals surface area contributed by atoms with Crippen molar-refractivity contribution < 1.29 is 23.8 Å². The highest BCUT2D eigenvalue weighted by Gasteiger charge is 2.36. The van der Waals surface area contributed by atoms with Gasteiger partial charge in [-0.05, 0) is 0 Å². The molecule has 0 bridgehead atoms. The molecule has 0 amide bonds. The number of ether oxygens (including phenoxy) is 1. The molecule has 0 spiro atoms. The minimum atomic E-state index is -3.14. The quantitative estimate of drug-likeness (QED) is 0.357. The van der Waals surface area contributed by atoms with Gasteiger partial charge >= 0.3 is 13.9 Å². The number of aliphatic hydroxyl groups is 1. The summed E-state index contributed by atoms with van der Waals surface area (Å²) in [4.78, 5) is 34.3. The fraction of sp³-hybridized carbons (Fsp3) is 0.500. The first-order valence-electron chi connectivity index (χ1n) is 6.66. The minimum Gasteiger partial charge on any atom is -0.390 e. The van der Waals surface area contributed by atoms with Crippen molar-refractivity contribution in [3.63, 3.8) is 0 Å². The fourth-order valence-corrected chi connectivity index (χ4v) is 2.43. The third-order valence-electron chi connectivity index (χ3n) is 3.18. The average molecular weight is 345 g/mol. The highest BCUT2D eigenvalue weighted by Crippen LogP contribution is 2.29. The molecule has 23 heavy (non-hydrogen) atoms. The van der Waals surface area contributed by atoms with E-state index in [4.69, 9.17) is 15.4 Å². The molecule has 0 aliphatic carbocycles. The lowest BCUT2D eigenvalue weighted by Gasteiger charge is -2.15. The lowest BCUT2D eigenvalue weighted by molar-refractivity contribution is -0.0412. The average Bonchev–Trinajstić information content (AvgIpc) is 2.85. The third-order valence-corrected chi connectivity index (χ3v) is 3.59. The molecule has 0 saturated carbocycles. The van der Waals surface area contributed by atoms with Crippen LogP contribution in [0, 0.1) is 11.8 Å². The van der Waals surface area contributed by atoms with E-state index in [0.717, 1.165) is 4.57 Å². The van der Waals surface area contributed by atoms with E-state index in [2.05, 4.69) is 21.3 Å². The van der Waals surface area contributed by atoms with Crippen LogP contribution in [0.15, 0.2) is 15.8 Å². The first-order valence-corrected chi connectivity index (χ1v) is 7.92. The van der Waals surface area contributed by atoms with Gasteiger partial charge in [0.25, 0.3) is 5.56 Å². The lowest BCUT2D eigenvalue weighted by Crippen LogP contribution is -2.33. The zero-order valence-electron chi connectivity index (χ0n) is 11.9. The number of rotatable bonds is 4. The molecule has 5 N–H and O–H groups in total. The van der Waals surface area contributed by atoms with Gasteiger partial charge in [-0.2, -0.15) is 0 Å². The summed E-state index contributed by atoms with van der Waals surface area (Å²) in [6.45, 7) is -0.235. The standard InChI is InChI=1S/C12H16N3O7P/c13-3-1-2-7-5-15(12(18)14-11(7)17)10-4-8(16)9(22-10)6-21-23(19)20/h5,8-10,16,23H,3-4,6,13H2,(H,19,20)(H,14,17,18). The number of hydrogen-bond acceptors (Lipinski definition) is 7. The summed E-state index contributed by atoms with van der Waals surface area (Å²) in [5, 5.41) is 9.88. The van der Waals surface area contributed by atoms with Crippen LogP contribution >= 0.6 is 8.25 Å². The van der Waals surface area contributed by atoms with Gasteiger partial charge in [-0.15, -0.1) is 0 Å². The molecule has 1 fully saturated rings. The number of aromatic amines is 1. The zero-order chi connectivity index (χ0) is 17.0. The molecule has 126 valence electrons. The molecule has 4 atom stereocenters. The van der Waals surface area contributed by atoms with Gasteiger partial charge in [-0.1, -0.05) is 11.8 Å². The summed E-state index contributed by atoms with van der Waals surface area (Å²) in [6.07, 6.45) is -1.44. The Bertz CT molecular complexity index is 762. The molecular formula is C12H16N3O7P. The number of H-pyrrole nitrogens is 1. The molecule has 2 heterocycles. The van der Waals surface area contributed by atoms with Gasteiger partial charge in [-0.3, -0.25) is 18.9 Å². The molecule has 10 nitrogen and oxygen atoms in total. The van der Waals surface area contributed by atoms with Crippen LogP contribution in [-0.2, 0) is 13.8 Å². The van der Waals surface area contributed by atoms with Gasteiger partial charge in [0.15, 0.2) is 0 Å². The monoisotopic (exact) mass is 345 g/mol. The molecule has 4 unspecified atom stereocenters. The van der Waals surface area contributed by atoms with Crippen molar-refractivity contribution in [1.82, 2.24) is 9.55 Å². The fourth-order valence-electron chi connectivity index (χ4n) is 2.12. The predicted octanol–water partition coefficient (Wildman–Crippen LogP) is -2.11. The normalized spacial score (nSPS) is 24.9. The first-order chi connectivity index (χ1) is 10.9. The predicted molar refractivity (Wildman–Crippen MR) is 79.0 cm³/mol. The number of aromatic nitrogens is 2.